The Hall–Kier alpha value is -2.73. The number of nitrogens with zero attached hydrogens (tertiary/aromatic N) is 3. The van der Waals surface area contributed by atoms with E-state index in [1.54, 1.807) is 4.90 Å². The van der Waals surface area contributed by atoms with Gasteiger partial charge in [-0.15, -0.1) is 0 Å². The van der Waals surface area contributed by atoms with Crippen LogP contribution in [0, 0.1) is 10.1 Å². The second-order valence-corrected chi connectivity index (χ2v) is 7.07. The summed E-state index contributed by atoms with van der Waals surface area (Å²) in [5, 5.41) is 10.7. The second kappa shape index (κ2) is 6.66. The van der Waals surface area contributed by atoms with Crippen molar-refractivity contribution >= 4 is 22.7 Å². The topological polar surface area (TPSA) is 108 Å². The van der Waals surface area contributed by atoms with Gasteiger partial charge in [0.25, 0.3) is 5.56 Å². The number of hydrogen-bond acceptors (Lipinski definition) is 8. The lowest BCUT2D eigenvalue weighted by molar-refractivity contribution is -0.383. The van der Waals surface area contributed by atoms with Crippen molar-refractivity contribution in [2.45, 2.75) is 37.8 Å². The summed E-state index contributed by atoms with van der Waals surface area (Å²) in [5.74, 6) is -0.722. The molecule has 2 saturated heterocycles. The highest BCUT2D eigenvalue weighted by molar-refractivity contribution is 5.86. The van der Waals surface area contributed by atoms with Crippen LogP contribution in [0.25, 0.3) is 11.0 Å². The largest absolute Gasteiger partial charge is 0.417 e. The molecule has 1 atom stereocenters. The third-order valence-corrected chi connectivity index (χ3v) is 5.01. The first kappa shape index (κ1) is 19.6. The Morgan fingerprint density at radius 2 is 2.00 bits per heavy atom. The van der Waals surface area contributed by atoms with Gasteiger partial charge in [-0.05, 0) is 13.0 Å². The molecule has 12 heteroatoms. The van der Waals surface area contributed by atoms with Gasteiger partial charge in [-0.3, -0.25) is 14.9 Å². The Balaban J connectivity index is 1.71. The maximum atomic E-state index is 13.0. The number of benzene rings is 1. The summed E-state index contributed by atoms with van der Waals surface area (Å²) in [6.07, 6.45) is -3.99. The summed E-state index contributed by atoms with van der Waals surface area (Å²) in [4.78, 5) is 27.9. The Morgan fingerprint density at radius 1 is 1.31 bits per heavy atom. The Kier molecular flexibility index (Phi) is 4.50. The van der Waals surface area contributed by atoms with Crippen molar-refractivity contribution in [1.29, 1.82) is 0 Å². The van der Waals surface area contributed by atoms with Crippen LogP contribution in [0.1, 0.15) is 25.3 Å². The number of hydrogen-bond donors (Lipinski definition) is 0. The molecule has 1 unspecified atom stereocenters. The number of aromatic nitrogens is 1. The van der Waals surface area contributed by atoms with E-state index in [1.807, 2.05) is 6.92 Å². The molecule has 0 amide bonds. The fourth-order valence-corrected chi connectivity index (χ4v) is 3.58. The molecule has 2 aromatic rings. The van der Waals surface area contributed by atoms with Gasteiger partial charge in [0.2, 0.25) is 5.58 Å². The quantitative estimate of drug-likeness (QED) is 0.544. The van der Waals surface area contributed by atoms with Gasteiger partial charge in [-0.2, -0.15) is 18.2 Å². The zero-order valence-corrected chi connectivity index (χ0v) is 15.2. The highest BCUT2D eigenvalue weighted by atomic mass is 19.4. The summed E-state index contributed by atoms with van der Waals surface area (Å²) in [5.41, 5.74) is -3.83. The highest BCUT2D eigenvalue weighted by Gasteiger charge is 2.43. The fraction of sp³-hybridized carbons (Fsp3) is 0.529. The van der Waals surface area contributed by atoms with E-state index in [-0.39, 0.29) is 12.1 Å². The minimum atomic E-state index is -4.86. The molecule has 9 nitrogen and oxygen atoms in total. The molecule has 3 heterocycles. The molecular weight excluding hydrogens is 399 g/mol. The van der Waals surface area contributed by atoms with Crippen molar-refractivity contribution in [2.75, 3.05) is 24.6 Å². The van der Waals surface area contributed by atoms with Crippen LogP contribution < -0.4 is 10.5 Å². The average molecular weight is 415 g/mol. The number of anilines is 1. The predicted octanol–water partition coefficient (Wildman–Crippen LogP) is 2.85. The standard InChI is InChI=1S/C17H16F3N3O6/c1-9-8-27-16(29-9)2-4-22(5-3-16)15-21-14(24)11-6-10(17(18,19)20)7-12(23(25)26)13(11)28-15/h6-7,9H,2-5,8H2,1H3. The first-order valence-electron chi connectivity index (χ1n) is 8.85. The van der Waals surface area contributed by atoms with Crippen LogP contribution in [0.2, 0.25) is 0 Å². The molecule has 4 rings (SSSR count). The van der Waals surface area contributed by atoms with Crippen LogP contribution in [0.4, 0.5) is 24.9 Å². The normalized spacial score (nSPS) is 21.8. The van der Waals surface area contributed by atoms with Crippen molar-refractivity contribution in [3.63, 3.8) is 0 Å². The molecule has 2 aliphatic heterocycles. The van der Waals surface area contributed by atoms with Gasteiger partial charge in [-0.25, -0.2) is 0 Å². The maximum absolute atomic E-state index is 13.0. The zero-order chi connectivity index (χ0) is 21.0. The maximum Gasteiger partial charge on any atom is 0.416 e. The van der Waals surface area contributed by atoms with E-state index in [1.165, 1.54) is 0 Å². The summed E-state index contributed by atoms with van der Waals surface area (Å²) in [6.45, 7) is 3.03. The summed E-state index contributed by atoms with van der Waals surface area (Å²) in [6, 6.07) is 0.672. The first-order chi connectivity index (χ1) is 13.6. The van der Waals surface area contributed by atoms with Crippen LogP contribution in [-0.2, 0) is 15.7 Å². The van der Waals surface area contributed by atoms with Crippen molar-refractivity contribution in [1.82, 2.24) is 4.98 Å². The molecule has 0 N–H and O–H groups in total. The zero-order valence-electron chi connectivity index (χ0n) is 15.2. The third kappa shape index (κ3) is 3.53. The smallest absolute Gasteiger partial charge is 0.416 e. The number of rotatable bonds is 2. The molecule has 0 radical (unpaired) electrons. The van der Waals surface area contributed by atoms with Gasteiger partial charge in [0.15, 0.2) is 5.79 Å². The van der Waals surface area contributed by atoms with Gasteiger partial charge in [0, 0.05) is 32.0 Å². The minimum absolute atomic E-state index is 0.0382. The van der Waals surface area contributed by atoms with Gasteiger partial charge < -0.3 is 18.8 Å². The van der Waals surface area contributed by atoms with Crippen molar-refractivity contribution in [3.8, 4) is 0 Å². The molecule has 0 bridgehead atoms. The number of piperidine rings is 1. The first-order valence-corrected chi connectivity index (χ1v) is 8.85. The second-order valence-electron chi connectivity index (χ2n) is 7.07. The summed E-state index contributed by atoms with van der Waals surface area (Å²) in [7, 11) is 0. The van der Waals surface area contributed by atoms with Crippen LogP contribution in [-0.4, -0.2) is 41.5 Å². The number of fused-ring (bicyclic) bond motifs is 1. The monoisotopic (exact) mass is 415 g/mol. The van der Waals surface area contributed by atoms with Crippen molar-refractivity contribution in [2.24, 2.45) is 0 Å². The fourth-order valence-electron chi connectivity index (χ4n) is 3.58. The van der Waals surface area contributed by atoms with E-state index in [4.69, 9.17) is 13.9 Å². The van der Waals surface area contributed by atoms with E-state index in [0.29, 0.717) is 44.7 Å². The number of ether oxygens (including phenoxy) is 2. The molecule has 1 aromatic carbocycles. The van der Waals surface area contributed by atoms with Crippen LogP contribution >= 0.6 is 0 Å². The minimum Gasteiger partial charge on any atom is -0.417 e. The number of nitro groups is 1. The van der Waals surface area contributed by atoms with Gasteiger partial charge in [0.05, 0.1) is 28.6 Å². The lowest BCUT2D eigenvalue weighted by Gasteiger charge is -2.37. The summed E-state index contributed by atoms with van der Waals surface area (Å²) >= 11 is 0. The molecule has 0 aliphatic carbocycles. The van der Waals surface area contributed by atoms with E-state index in [0.717, 1.165) is 0 Å². The number of halogens is 3. The van der Waals surface area contributed by atoms with Crippen molar-refractivity contribution in [3.05, 3.63) is 38.2 Å². The summed E-state index contributed by atoms with van der Waals surface area (Å²) < 4.78 is 56.0. The molecule has 2 aliphatic rings. The number of alkyl halides is 3. The molecule has 1 spiro atoms. The molecule has 0 saturated carbocycles. The highest BCUT2D eigenvalue weighted by Crippen LogP contribution is 2.38. The number of non-ortho nitro benzene ring substituents is 1. The lowest BCUT2D eigenvalue weighted by atomic mass is 10.0. The van der Waals surface area contributed by atoms with E-state index in [9.17, 15) is 28.1 Å². The molecule has 2 fully saturated rings. The van der Waals surface area contributed by atoms with E-state index >= 15 is 0 Å². The van der Waals surface area contributed by atoms with E-state index in [2.05, 4.69) is 4.98 Å². The molecule has 156 valence electrons. The van der Waals surface area contributed by atoms with Crippen LogP contribution in [0.15, 0.2) is 21.3 Å². The Labute approximate surface area is 161 Å². The van der Waals surface area contributed by atoms with Crippen LogP contribution in [0.5, 0.6) is 0 Å². The van der Waals surface area contributed by atoms with Gasteiger partial charge in [0.1, 0.15) is 0 Å². The third-order valence-electron chi connectivity index (χ3n) is 5.01. The predicted molar refractivity (Wildman–Crippen MR) is 92.6 cm³/mol. The Bertz CT molecular complexity index is 1030. The van der Waals surface area contributed by atoms with Gasteiger partial charge in [-0.1, -0.05) is 0 Å². The van der Waals surface area contributed by atoms with E-state index < -0.39 is 44.7 Å². The van der Waals surface area contributed by atoms with Crippen LogP contribution in [0.3, 0.4) is 0 Å². The molecule has 29 heavy (non-hydrogen) atoms. The molecular formula is C17H16F3N3O6. The lowest BCUT2D eigenvalue weighted by Crippen LogP contribution is -2.46. The average Bonchev–Trinajstić information content (AvgIpc) is 3.00. The van der Waals surface area contributed by atoms with Gasteiger partial charge >= 0.3 is 17.9 Å². The Morgan fingerprint density at radius 3 is 2.55 bits per heavy atom. The van der Waals surface area contributed by atoms with Crippen molar-refractivity contribution < 1.29 is 32.0 Å². The molecule has 1 aromatic heterocycles. The SMILES string of the molecule is CC1COC2(CCN(c3nc(=O)c4cc(C(F)(F)F)cc([N+](=O)[O-])c4o3)CC2)O1. The number of nitro benzene ring substituents is 1.